The van der Waals surface area contributed by atoms with Crippen molar-refractivity contribution < 1.29 is 4.79 Å². The normalized spacial score (nSPS) is 15.3. The number of nitrogens with zero attached hydrogens (tertiary/aromatic N) is 3. The van der Waals surface area contributed by atoms with E-state index < -0.39 is 0 Å². The van der Waals surface area contributed by atoms with Gasteiger partial charge >= 0.3 is 0 Å². The van der Waals surface area contributed by atoms with Crippen LogP contribution in [0.1, 0.15) is 16.7 Å². The highest BCUT2D eigenvalue weighted by Gasteiger charge is 2.22. The number of amides is 1. The Morgan fingerprint density at radius 1 is 1.15 bits per heavy atom. The highest BCUT2D eigenvalue weighted by molar-refractivity contribution is 7.13. The van der Waals surface area contributed by atoms with Gasteiger partial charge in [-0.15, -0.1) is 11.3 Å². The van der Waals surface area contributed by atoms with E-state index in [9.17, 15) is 4.79 Å². The van der Waals surface area contributed by atoms with Crippen LogP contribution in [-0.2, 0) is 11.2 Å². The molecule has 1 aliphatic heterocycles. The molecule has 3 aromatic rings. The molecule has 1 aromatic carbocycles. The molecule has 1 aliphatic rings. The van der Waals surface area contributed by atoms with E-state index in [0.717, 1.165) is 43.3 Å². The van der Waals surface area contributed by atoms with E-state index in [1.807, 2.05) is 17.0 Å². The Morgan fingerprint density at radius 2 is 1.96 bits per heavy atom. The van der Waals surface area contributed by atoms with Gasteiger partial charge in [0.15, 0.2) is 0 Å². The lowest BCUT2D eigenvalue weighted by Gasteiger charge is -2.34. The number of rotatable bonds is 4. The standard InChI is InChI=1S/C20H21N3OS2/c1-2-15-7-8-16(25-15)9-10-19(24)22-11-13-23(14-12-22)20-17-5-3-4-6-18(17)26-21-20/h3-10H,2,11-14H2,1H3. The van der Waals surface area contributed by atoms with E-state index >= 15 is 0 Å². The summed E-state index contributed by atoms with van der Waals surface area (Å²) in [5, 5.41) is 1.21. The Bertz CT molecular complexity index is 935. The molecular formula is C20H21N3OS2. The second kappa shape index (κ2) is 7.60. The summed E-state index contributed by atoms with van der Waals surface area (Å²) in [5.41, 5.74) is 0. The largest absolute Gasteiger partial charge is 0.352 e. The summed E-state index contributed by atoms with van der Waals surface area (Å²) >= 11 is 3.29. The van der Waals surface area contributed by atoms with Crippen molar-refractivity contribution in [3.05, 3.63) is 52.2 Å². The average Bonchev–Trinajstić information content (AvgIpc) is 3.33. The van der Waals surface area contributed by atoms with Gasteiger partial charge < -0.3 is 9.80 Å². The first-order valence-corrected chi connectivity index (χ1v) is 10.5. The van der Waals surface area contributed by atoms with Crippen molar-refractivity contribution in [2.24, 2.45) is 0 Å². The number of aryl methyl sites for hydroxylation is 1. The summed E-state index contributed by atoms with van der Waals surface area (Å²) in [6.07, 6.45) is 4.69. The third-order valence-electron chi connectivity index (χ3n) is 4.67. The third kappa shape index (κ3) is 3.52. The lowest BCUT2D eigenvalue weighted by Crippen LogP contribution is -2.48. The van der Waals surface area contributed by atoms with E-state index in [0.29, 0.717) is 0 Å². The van der Waals surface area contributed by atoms with Gasteiger partial charge in [-0.25, -0.2) is 0 Å². The molecule has 1 fully saturated rings. The molecular weight excluding hydrogens is 362 g/mol. The zero-order chi connectivity index (χ0) is 17.9. The number of thiophene rings is 1. The summed E-state index contributed by atoms with van der Waals surface area (Å²) in [4.78, 5) is 19.2. The molecule has 1 amide bonds. The number of fused-ring (bicyclic) bond motifs is 1. The fourth-order valence-electron chi connectivity index (χ4n) is 3.17. The van der Waals surface area contributed by atoms with Crippen molar-refractivity contribution in [1.29, 1.82) is 0 Å². The minimum absolute atomic E-state index is 0.0965. The van der Waals surface area contributed by atoms with Crippen molar-refractivity contribution in [1.82, 2.24) is 9.27 Å². The predicted octanol–water partition coefficient (Wildman–Crippen LogP) is 4.28. The average molecular weight is 384 g/mol. The maximum Gasteiger partial charge on any atom is 0.246 e. The van der Waals surface area contributed by atoms with E-state index in [4.69, 9.17) is 0 Å². The van der Waals surface area contributed by atoms with Gasteiger partial charge in [-0.05, 0) is 48.3 Å². The molecule has 6 heteroatoms. The third-order valence-corrected chi connectivity index (χ3v) is 6.68. The Morgan fingerprint density at radius 3 is 2.73 bits per heavy atom. The van der Waals surface area contributed by atoms with Gasteiger partial charge in [0.1, 0.15) is 5.82 Å². The van der Waals surface area contributed by atoms with Crippen LogP contribution in [0, 0.1) is 0 Å². The molecule has 3 heterocycles. The molecule has 1 saturated heterocycles. The molecule has 2 aromatic heterocycles. The topological polar surface area (TPSA) is 36.4 Å². The molecule has 0 N–H and O–H groups in total. The van der Waals surface area contributed by atoms with Gasteiger partial charge in [-0.1, -0.05) is 19.1 Å². The van der Waals surface area contributed by atoms with E-state index in [2.05, 4.69) is 46.5 Å². The molecule has 0 aliphatic carbocycles. The summed E-state index contributed by atoms with van der Waals surface area (Å²) in [6, 6.07) is 12.5. The summed E-state index contributed by atoms with van der Waals surface area (Å²) < 4.78 is 5.84. The molecule has 0 saturated carbocycles. The van der Waals surface area contributed by atoms with Crippen LogP contribution in [0.4, 0.5) is 5.82 Å². The van der Waals surface area contributed by atoms with Gasteiger partial charge in [0.2, 0.25) is 5.91 Å². The zero-order valence-electron chi connectivity index (χ0n) is 14.7. The number of carbonyl (C=O) groups is 1. The van der Waals surface area contributed by atoms with Crippen molar-refractivity contribution >= 4 is 50.8 Å². The van der Waals surface area contributed by atoms with Gasteiger partial charge in [0.25, 0.3) is 0 Å². The highest BCUT2D eigenvalue weighted by Crippen LogP contribution is 2.29. The SMILES string of the molecule is CCc1ccc(C=CC(=O)N2CCN(c3nsc4ccccc34)CC2)s1. The quantitative estimate of drug-likeness (QED) is 0.631. The number of aromatic nitrogens is 1. The van der Waals surface area contributed by atoms with E-state index in [1.54, 1.807) is 28.9 Å². The molecule has 0 spiro atoms. The van der Waals surface area contributed by atoms with Gasteiger partial charge in [-0.2, -0.15) is 4.37 Å². The molecule has 0 atom stereocenters. The molecule has 4 rings (SSSR count). The van der Waals surface area contributed by atoms with E-state index in [-0.39, 0.29) is 5.91 Å². The molecule has 134 valence electrons. The van der Waals surface area contributed by atoms with E-state index in [1.165, 1.54) is 15.0 Å². The Labute approximate surface area is 161 Å². The van der Waals surface area contributed by atoms with Gasteiger partial charge in [0.05, 0.1) is 4.70 Å². The number of piperazine rings is 1. The van der Waals surface area contributed by atoms with Crippen LogP contribution < -0.4 is 4.90 Å². The van der Waals surface area contributed by atoms with Crippen molar-refractivity contribution in [3.63, 3.8) is 0 Å². The molecule has 26 heavy (non-hydrogen) atoms. The molecule has 0 bridgehead atoms. The van der Waals surface area contributed by atoms with Crippen molar-refractivity contribution in [2.75, 3.05) is 31.1 Å². The summed E-state index contributed by atoms with van der Waals surface area (Å²) in [5.74, 6) is 1.15. The Hall–Kier alpha value is -2.18. The second-order valence-electron chi connectivity index (χ2n) is 6.31. The monoisotopic (exact) mass is 383 g/mol. The Balaban J connectivity index is 1.37. The number of benzene rings is 1. The number of hydrogen-bond acceptors (Lipinski definition) is 5. The van der Waals surface area contributed by atoms with Crippen molar-refractivity contribution in [2.45, 2.75) is 13.3 Å². The second-order valence-corrected chi connectivity index (χ2v) is 8.31. The lowest BCUT2D eigenvalue weighted by molar-refractivity contribution is -0.126. The first kappa shape index (κ1) is 17.2. The maximum atomic E-state index is 12.5. The van der Waals surface area contributed by atoms with Crippen LogP contribution in [0.5, 0.6) is 0 Å². The minimum Gasteiger partial charge on any atom is -0.352 e. The summed E-state index contributed by atoms with van der Waals surface area (Å²) in [7, 11) is 0. The Kier molecular flexibility index (Phi) is 5.04. The smallest absolute Gasteiger partial charge is 0.246 e. The number of carbonyl (C=O) groups excluding carboxylic acids is 1. The predicted molar refractivity (Wildman–Crippen MR) is 111 cm³/mol. The van der Waals surface area contributed by atoms with Crippen LogP contribution in [0.2, 0.25) is 0 Å². The summed E-state index contributed by atoms with van der Waals surface area (Å²) in [6.45, 7) is 5.27. The van der Waals surface area contributed by atoms with Crippen LogP contribution in [0.25, 0.3) is 16.2 Å². The van der Waals surface area contributed by atoms with Crippen LogP contribution in [0.3, 0.4) is 0 Å². The minimum atomic E-state index is 0.0965. The number of hydrogen-bond donors (Lipinski definition) is 0. The zero-order valence-corrected chi connectivity index (χ0v) is 16.4. The highest BCUT2D eigenvalue weighted by atomic mass is 32.1. The first-order chi connectivity index (χ1) is 12.7. The van der Waals surface area contributed by atoms with Gasteiger partial charge in [-0.3, -0.25) is 4.79 Å². The molecule has 0 radical (unpaired) electrons. The fraction of sp³-hybridized carbons (Fsp3) is 0.300. The number of anilines is 1. The molecule has 4 nitrogen and oxygen atoms in total. The van der Waals surface area contributed by atoms with Crippen LogP contribution in [0.15, 0.2) is 42.5 Å². The maximum absolute atomic E-state index is 12.5. The van der Waals surface area contributed by atoms with Gasteiger partial charge in [0, 0.05) is 47.4 Å². The van der Waals surface area contributed by atoms with Crippen molar-refractivity contribution in [3.8, 4) is 0 Å². The van der Waals surface area contributed by atoms with Crippen LogP contribution in [-0.4, -0.2) is 41.4 Å². The first-order valence-electron chi connectivity index (χ1n) is 8.89. The van der Waals surface area contributed by atoms with Crippen LogP contribution >= 0.6 is 22.9 Å². The fourth-order valence-corrected chi connectivity index (χ4v) is 4.82. The lowest BCUT2D eigenvalue weighted by atomic mass is 10.2. The molecule has 0 unspecified atom stereocenters.